The molecule has 0 aromatic heterocycles. The molecule has 0 N–H and O–H groups in total. The third-order valence-corrected chi connectivity index (χ3v) is 8.48. The molecule has 2 heterocycles. The highest BCUT2D eigenvalue weighted by Crippen LogP contribution is 2.37. The molecule has 0 aliphatic carbocycles. The van der Waals surface area contributed by atoms with Gasteiger partial charge in [-0.25, -0.2) is 5.01 Å². The molecule has 2 amide bonds. The molecule has 1 saturated heterocycles. The number of alkyl halides is 3. The molecule has 1 atom stereocenters. The first-order valence-corrected chi connectivity index (χ1v) is 14.9. The zero-order chi connectivity index (χ0) is 31.4. The summed E-state index contributed by atoms with van der Waals surface area (Å²) in [5, 5.41) is 6.65. The topological polar surface area (TPSA) is 65.5 Å². The second kappa shape index (κ2) is 13.5. The molecule has 232 valence electrons. The van der Waals surface area contributed by atoms with Gasteiger partial charge >= 0.3 is 6.18 Å². The van der Waals surface area contributed by atoms with E-state index < -0.39 is 29.6 Å². The maximum atomic E-state index is 14.0. The first kappa shape index (κ1) is 31.7. The number of rotatable bonds is 8. The summed E-state index contributed by atoms with van der Waals surface area (Å²) in [6, 6.07) is 16.9. The number of carbonyl (C=O) groups excluding carboxylic acids is 2. The number of nitrogens with zero attached hydrogens (tertiary/aromatic N) is 4. The second-order valence-electron chi connectivity index (χ2n) is 11.1. The Labute approximate surface area is 259 Å². The van der Waals surface area contributed by atoms with Crippen molar-refractivity contribution in [2.45, 2.75) is 32.5 Å². The van der Waals surface area contributed by atoms with Crippen LogP contribution in [0.3, 0.4) is 0 Å². The van der Waals surface area contributed by atoms with E-state index in [2.05, 4.69) is 4.90 Å². The van der Waals surface area contributed by atoms with Gasteiger partial charge in [-0.3, -0.25) is 14.5 Å². The average Bonchev–Trinajstić information content (AvgIpc) is 3.46. The number of aryl methyl sites for hydroxylation is 2. The quantitative estimate of drug-likeness (QED) is 0.302. The van der Waals surface area contributed by atoms with E-state index in [0.717, 1.165) is 52.2 Å². The van der Waals surface area contributed by atoms with Crippen molar-refractivity contribution in [2.24, 2.45) is 5.10 Å². The molecule has 0 saturated carbocycles. The number of hydrogen-bond donors (Lipinski definition) is 0. The Kier molecular flexibility index (Phi) is 9.72. The predicted molar refractivity (Wildman–Crippen MR) is 163 cm³/mol. The van der Waals surface area contributed by atoms with Crippen LogP contribution < -0.4 is 0 Å². The fourth-order valence-electron chi connectivity index (χ4n) is 5.38. The van der Waals surface area contributed by atoms with Gasteiger partial charge in [0.1, 0.15) is 6.54 Å². The van der Waals surface area contributed by atoms with Gasteiger partial charge in [0, 0.05) is 43.2 Å². The van der Waals surface area contributed by atoms with Crippen LogP contribution in [0.5, 0.6) is 0 Å². The van der Waals surface area contributed by atoms with Crippen molar-refractivity contribution in [2.75, 3.05) is 45.9 Å². The Balaban J connectivity index is 1.43. The third kappa shape index (κ3) is 7.31. The van der Waals surface area contributed by atoms with Crippen molar-refractivity contribution in [3.63, 3.8) is 0 Å². The molecule has 7 nitrogen and oxygen atoms in total. The maximum Gasteiger partial charge on any atom is 0.416 e. The molecule has 2 aliphatic rings. The van der Waals surface area contributed by atoms with Crippen LogP contribution in [0.1, 0.15) is 50.6 Å². The molecule has 0 bridgehead atoms. The van der Waals surface area contributed by atoms with Crippen molar-refractivity contribution in [3.8, 4) is 0 Å². The maximum absolute atomic E-state index is 14.0. The molecule has 2 aliphatic heterocycles. The van der Waals surface area contributed by atoms with Crippen LogP contribution in [0, 0.1) is 13.8 Å². The van der Waals surface area contributed by atoms with Gasteiger partial charge in [-0.15, -0.1) is 0 Å². The molecular weight excluding hydrogens is 593 g/mol. The van der Waals surface area contributed by atoms with Gasteiger partial charge in [0.25, 0.3) is 11.8 Å². The van der Waals surface area contributed by atoms with Gasteiger partial charge in [-0.05, 0) is 72.5 Å². The van der Waals surface area contributed by atoms with Crippen LogP contribution >= 0.6 is 11.6 Å². The summed E-state index contributed by atoms with van der Waals surface area (Å²) < 4.78 is 44.9. The summed E-state index contributed by atoms with van der Waals surface area (Å²) in [5.41, 5.74) is 3.81. The summed E-state index contributed by atoms with van der Waals surface area (Å²) >= 11 is 6.58. The first-order chi connectivity index (χ1) is 21.0. The van der Waals surface area contributed by atoms with Gasteiger partial charge in [0.2, 0.25) is 0 Å². The highest BCUT2D eigenvalue weighted by molar-refractivity contribution is 6.31. The van der Waals surface area contributed by atoms with E-state index in [1.807, 2.05) is 50.2 Å². The van der Waals surface area contributed by atoms with E-state index in [9.17, 15) is 22.8 Å². The molecule has 0 radical (unpaired) electrons. The number of hydrogen-bond acceptors (Lipinski definition) is 5. The van der Waals surface area contributed by atoms with Gasteiger partial charge < -0.3 is 9.64 Å². The van der Waals surface area contributed by atoms with Crippen LogP contribution in [0.2, 0.25) is 5.02 Å². The van der Waals surface area contributed by atoms with Crippen LogP contribution in [0.15, 0.2) is 71.8 Å². The SMILES string of the molecule is Cc1ccc(C2=NN(C(=O)CN(CCN3CCOCC3)C(=O)c3ccc(C(F)(F)F)cc3)[C@H](c3ccccc3Cl)C2)cc1C. The minimum Gasteiger partial charge on any atom is -0.379 e. The second-order valence-corrected chi connectivity index (χ2v) is 11.5. The Hall–Kier alpha value is -3.73. The number of carbonyl (C=O) groups is 2. The van der Waals surface area contributed by atoms with Crippen molar-refractivity contribution in [1.82, 2.24) is 14.8 Å². The first-order valence-electron chi connectivity index (χ1n) is 14.5. The molecule has 0 spiro atoms. The molecule has 5 rings (SSSR count). The number of hydrazone groups is 1. The minimum absolute atomic E-state index is 0.0659. The van der Waals surface area contributed by atoms with Crippen molar-refractivity contribution in [3.05, 3.63) is 105 Å². The zero-order valence-electron chi connectivity index (χ0n) is 24.6. The Bertz CT molecular complexity index is 1540. The summed E-state index contributed by atoms with van der Waals surface area (Å²) in [6.45, 7) is 6.90. The fraction of sp³-hybridized carbons (Fsp3) is 0.364. The number of halogens is 4. The van der Waals surface area contributed by atoms with Crippen LogP contribution in [-0.2, 0) is 15.7 Å². The van der Waals surface area contributed by atoms with Crippen molar-refractivity contribution >= 4 is 29.1 Å². The fourth-order valence-corrected chi connectivity index (χ4v) is 5.64. The average molecular weight is 627 g/mol. The van der Waals surface area contributed by atoms with Crippen LogP contribution in [0.4, 0.5) is 13.2 Å². The summed E-state index contributed by atoms with van der Waals surface area (Å²) in [6.07, 6.45) is -4.10. The van der Waals surface area contributed by atoms with E-state index in [0.29, 0.717) is 44.3 Å². The van der Waals surface area contributed by atoms with Crippen LogP contribution in [0.25, 0.3) is 0 Å². The smallest absolute Gasteiger partial charge is 0.379 e. The summed E-state index contributed by atoms with van der Waals surface area (Å²) in [5.74, 6) is -0.955. The number of ether oxygens (including phenoxy) is 1. The van der Waals surface area contributed by atoms with Gasteiger partial charge in [0.05, 0.1) is 30.5 Å². The van der Waals surface area contributed by atoms with Gasteiger partial charge in [-0.2, -0.15) is 18.3 Å². The standard InChI is InChI=1S/C33H34ClF3N4O3/c1-22-7-8-25(19-23(22)2)29-20-30(27-5-3-4-6-28(27)34)41(38-29)31(42)21-40(14-13-39-15-17-44-18-16-39)32(43)24-9-11-26(12-10-24)33(35,36)37/h3-12,19,30H,13-18,20-21H2,1-2H3/t30-/m0/s1. The normalized spacial score (nSPS) is 17.5. The van der Waals surface area contributed by atoms with E-state index in [-0.39, 0.29) is 18.7 Å². The lowest BCUT2D eigenvalue weighted by Crippen LogP contribution is -2.46. The molecule has 44 heavy (non-hydrogen) atoms. The summed E-state index contributed by atoms with van der Waals surface area (Å²) in [4.78, 5) is 31.2. The monoisotopic (exact) mass is 626 g/mol. The Morgan fingerprint density at radius 2 is 1.70 bits per heavy atom. The molecule has 3 aromatic carbocycles. The zero-order valence-corrected chi connectivity index (χ0v) is 25.4. The highest BCUT2D eigenvalue weighted by Gasteiger charge is 2.36. The van der Waals surface area contributed by atoms with E-state index in [1.54, 1.807) is 6.07 Å². The lowest BCUT2D eigenvalue weighted by molar-refractivity contribution is -0.137. The number of amides is 2. The summed E-state index contributed by atoms with van der Waals surface area (Å²) in [7, 11) is 0. The Morgan fingerprint density at radius 1 is 1.00 bits per heavy atom. The number of benzene rings is 3. The number of morpholine rings is 1. The van der Waals surface area contributed by atoms with Crippen LogP contribution in [-0.4, -0.2) is 78.3 Å². The molecule has 0 unspecified atom stereocenters. The van der Waals surface area contributed by atoms with Gasteiger partial charge in [-0.1, -0.05) is 41.9 Å². The van der Waals surface area contributed by atoms with Crippen molar-refractivity contribution in [1.29, 1.82) is 0 Å². The van der Waals surface area contributed by atoms with Gasteiger partial charge in [0.15, 0.2) is 0 Å². The lowest BCUT2D eigenvalue weighted by Gasteiger charge is -2.31. The third-order valence-electron chi connectivity index (χ3n) is 8.13. The van der Waals surface area contributed by atoms with Crippen molar-refractivity contribution < 1.29 is 27.5 Å². The molecular formula is C33H34ClF3N4O3. The van der Waals surface area contributed by atoms with E-state index in [1.165, 1.54) is 9.91 Å². The molecule has 3 aromatic rings. The predicted octanol–water partition coefficient (Wildman–Crippen LogP) is 6.13. The highest BCUT2D eigenvalue weighted by atomic mass is 35.5. The van der Waals surface area contributed by atoms with E-state index >= 15 is 0 Å². The Morgan fingerprint density at radius 3 is 2.36 bits per heavy atom. The lowest BCUT2D eigenvalue weighted by atomic mass is 9.96. The molecule has 1 fully saturated rings. The van der Waals surface area contributed by atoms with E-state index in [4.69, 9.17) is 21.4 Å². The molecule has 11 heteroatoms. The minimum atomic E-state index is -4.53. The largest absolute Gasteiger partial charge is 0.416 e.